The maximum Gasteiger partial charge on any atom is 0.224 e. The second-order valence-corrected chi connectivity index (χ2v) is 5.99. The number of likely N-dealkylation sites (tertiary alicyclic amines) is 1. The zero-order chi connectivity index (χ0) is 15.4. The van der Waals surface area contributed by atoms with Crippen molar-refractivity contribution in [3.8, 4) is 5.75 Å². The summed E-state index contributed by atoms with van der Waals surface area (Å²) < 4.78 is 5.66. The van der Waals surface area contributed by atoms with E-state index in [9.17, 15) is 4.79 Å². The van der Waals surface area contributed by atoms with Gasteiger partial charge >= 0.3 is 0 Å². The maximum absolute atomic E-state index is 12.1. The summed E-state index contributed by atoms with van der Waals surface area (Å²) in [5.74, 6) is 1.02. The highest BCUT2D eigenvalue weighted by molar-refractivity contribution is 5.80. The fourth-order valence-corrected chi connectivity index (χ4v) is 2.85. The number of rotatable bonds is 6. The van der Waals surface area contributed by atoms with Crippen LogP contribution in [0.5, 0.6) is 5.75 Å². The standard InChI is InChI=1S/C17H26N2O2/c1-4-5-10-19-16(20)11-15(18)17(19)13-6-8-14(9-7-13)21-12(2)3/h6-9,12,15,17H,4-5,10-11,18H2,1-3H3. The van der Waals surface area contributed by atoms with Crippen LogP contribution in [0.2, 0.25) is 0 Å². The van der Waals surface area contributed by atoms with Crippen molar-refractivity contribution in [3.63, 3.8) is 0 Å². The smallest absolute Gasteiger partial charge is 0.224 e. The van der Waals surface area contributed by atoms with Gasteiger partial charge in [-0.05, 0) is 38.0 Å². The Kier molecular flexibility index (Phi) is 5.23. The summed E-state index contributed by atoms with van der Waals surface area (Å²) in [7, 11) is 0. The van der Waals surface area contributed by atoms with Crippen LogP contribution in [-0.2, 0) is 4.79 Å². The van der Waals surface area contributed by atoms with Gasteiger partial charge in [0.25, 0.3) is 0 Å². The monoisotopic (exact) mass is 290 g/mol. The first kappa shape index (κ1) is 15.8. The van der Waals surface area contributed by atoms with Crippen molar-refractivity contribution in [3.05, 3.63) is 29.8 Å². The number of amides is 1. The molecule has 4 nitrogen and oxygen atoms in total. The molecule has 1 fully saturated rings. The summed E-state index contributed by atoms with van der Waals surface area (Å²) in [5, 5.41) is 0. The zero-order valence-corrected chi connectivity index (χ0v) is 13.2. The van der Waals surface area contributed by atoms with Crippen molar-refractivity contribution in [2.45, 2.75) is 58.2 Å². The Bertz CT molecular complexity index is 470. The average Bonchev–Trinajstić information content (AvgIpc) is 2.71. The van der Waals surface area contributed by atoms with E-state index in [1.165, 1.54) is 0 Å². The molecule has 2 rings (SSSR count). The molecule has 0 saturated carbocycles. The predicted molar refractivity (Wildman–Crippen MR) is 84.2 cm³/mol. The van der Waals surface area contributed by atoms with E-state index in [0.717, 1.165) is 30.7 Å². The summed E-state index contributed by atoms with van der Waals surface area (Å²) in [4.78, 5) is 14.0. The van der Waals surface area contributed by atoms with Gasteiger partial charge in [0.1, 0.15) is 5.75 Å². The lowest BCUT2D eigenvalue weighted by Gasteiger charge is -2.27. The van der Waals surface area contributed by atoms with Gasteiger partial charge in [-0.25, -0.2) is 0 Å². The third kappa shape index (κ3) is 3.76. The van der Waals surface area contributed by atoms with Crippen LogP contribution >= 0.6 is 0 Å². The van der Waals surface area contributed by atoms with Crippen molar-refractivity contribution in [1.82, 2.24) is 4.90 Å². The van der Waals surface area contributed by atoms with Crippen LogP contribution in [0.25, 0.3) is 0 Å². The SMILES string of the molecule is CCCCN1C(=O)CC(N)C1c1ccc(OC(C)C)cc1. The molecule has 0 spiro atoms. The molecule has 1 amide bonds. The molecule has 1 heterocycles. The minimum atomic E-state index is -0.119. The Balaban J connectivity index is 2.15. The van der Waals surface area contributed by atoms with E-state index in [1.807, 2.05) is 43.0 Å². The number of nitrogens with two attached hydrogens (primary N) is 1. The summed E-state index contributed by atoms with van der Waals surface area (Å²) >= 11 is 0. The highest BCUT2D eigenvalue weighted by atomic mass is 16.5. The second-order valence-electron chi connectivity index (χ2n) is 5.99. The van der Waals surface area contributed by atoms with E-state index >= 15 is 0 Å². The van der Waals surface area contributed by atoms with Crippen LogP contribution in [0, 0.1) is 0 Å². The number of carbonyl (C=O) groups excluding carboxylic acids is 1. The molecule has 0 aromatic heterocycles. The van der Waals surface area contributed by atoms with E-state index in [-0.39, 0.29) is 24.1 Å². The lowest BCUT2D eigenvalue weighted by molar-refractivity contribution is -0.129. The Morgan fingerprint density at radius 1 is 1.33 bits per heavy atom. The van der Waals surface area contributed by atoms with Gasteiger partial charge in [0.2, 0.25) is 5.91 Å². The van der Waals surface area contributed by atoms with Crippen LogP contribution in [0.3, 0.4) is 0 Å². The molecule has 116 valence electrons. The van der Waals surface area contributed by atoms with Gasteiger partial charge in [-0.3, -0.25) is 4.79 Å². The number of hydrogen-bond donors (Lipinski definition) is 1. The van der Waals surface area contributed by atoms with E-state index in [1.54, 1.807) is 0 Å². The van der Waals surface area contributed by atoms with Gasteiger partial charge in [-0.1, -0.05) is 25.5 Å². The largest absolute Gasteiger partial charge is 0.491 e. The molecule has 2 atom stereocenters. The lowest BCUT2D eigenvalue weighted by Crippen LogP contribution is -2.33. The highest BCUT2D eigenvalue weighted by Crippen LogP contribution is 2.33. The maximum atomic E-state index is 12.1. The average molecular weight is 290 g/mol. The highest BCUT2D eigenvalue weighted by Gasteiger charge is 2.37. The number of benzene rings is 1. The van der Waals surface area contributed by atoms with Crippen LogP contribution in [0.1, 0.15) is 51.6 Å². The van der Waals surface area contributed by atoms with Crippen molar-refractivity contribution in [1.29, 1.82) is 0 Å². The molecule has 1 aliphatic heterocycles. The molecule has 1 aliphatic rings. The van der Waals surface area contributed by atoms with Crippen LogP contribution in [0.4, 0.5) is 0 Å². The molecule has 2 N–H and O–H groups in total. The van der Waals surface area contributed by atoms with Gasteiger partial charge in [-0.15, -0.1) is 0 Å². The molecule has 2 unspecified atom stereocenters. The van der Waals surface area contributed by atoms with Gasteiger partial charge < -0.3 is 15.4 Å². The molecule has 0 bridgehead atoms. The van der Waals surface area contributed by atoms with Crippen molar-refractivity contribution >= 4 is 5.91 Å². The molecule has 0 radical (unpaired) electrons. The zero-order valence-electron chi connectivity index (χ0n) is 13.2. The quantitative estimate of drug-likeness (QED) is 0.876. The van der Waals surface area contributed by atoms with E-state index < -0.39 is 0 Å². The summed E-state index contributed by atoms with van der Waals surface area (Å²) in [6, 6.07) is 7.86. The van der Waals surface area contributed by atoms with Crippen molar-refractivity contribution in [2.75, 3.05) is 6.54 Å². The molecule has 4 heteroatoms. The molecule has 1 aromatic carbocycles. The van der Waals surface area contributed by atoms with Gasteiger partial charge in [-0.2, -0.15) is 0 Å². The first-order valence-electron chi connectivity index (χ1n) is 7.84. The fourth-order valence-electron chi connectivity index (χ4n) is 2.85. The summed E-state index contributed by atoms with van der Waals surface area (Å²) in [5.41, 5.74) is 7.29. The fraction of sp³-hybridized carbons (Fsp3) is 0.588. The molecule has 1 saturated heterocycles. The molecule has 0 aliphatic carbocycles. The molecular formula is C17H26N2O2. The molecule has 21 heavy (non-hydrogen) atoms. The Morgan fingerprint density at radius 3 is 2.57 bits per heavy atom. The Labute approximate surface area is 127 Å². The summed E-state index contributed by atoms with van der Waals surface area (Å²) in [6.07, 6.45) is 2.70. The lowest BCUT2D eigenvalue weighted by atomic mass is 10.0. The predicted octanol–water partition coefficient (Wildman–Crippen LogP) is 2.87. The third-order valence-corrected chi connectivity index (χ3v) is 3.82. The van der Waals surface area contributed by atoms with Crippen molar-refractivity contribution in [2.24, 2.45) is 5.73 Å². The normalized spacial score (nSPS) is 22.1. The second kappa shape index (κ2) is 6.94. The Morgan fingerprint density at radius 2 is 2.00 bits per heavy atom. The van der Waals surface area contributed by atoms with E-state index in [4.69, 9.17) is 10.5 Å². The number of ether oxygens (including phenoxy) is 1. The minimum Gasteiger partial charge on any atom is -0.491 e. The van der Waals surface area contributed by atoms with Crippen LogP contribution in [-0.4, -0.2) is 29.5 Å². The van der Waals surface area contributed by atoms with E-state index in [0.29, 0.717) is 6.42 Å². The van der Waals surface area contributed by atoms with Crippen LogP contribution < -0.4 is 10.5 Å². The first-order valence-corrected chi connectivity index (χ1v) is 7.84. The van der Waals surface area contributed by atoms with Crippen molar-refractivity contribution < 1.29 is 9.53 Å². The van der Waals surface area contributed by atoms with E-state index in [2.05, 4.69) is 6.92 Å². The first-order chi connectivity index (χ1) is 10.0. The Hall–Kier alpha value is -1.55. The van der Waals surface area contributed by atoms with Gasteiger partial charge in [0.05, 0.1) is 12.1 Å². The molecule has 1 aromatic rings. The topological polar surface area (TPSA) is 55.6 Å². The van der Waals surface area contributed by atoms with Gasteiger partial charge in [0.15, 0.2) is 0 Å². The summed E-state index contributed by atoms with van der Waals surface area (Å²) in [6.45, 7) is 6.93. The number of unbranched alkanes of at least 4 members (excludes halogenated alkanes) is 1. The number of hydrogen-bond acceptors (Lipinski definition) is 3. The van der Waals surface area contributed by atoms with Gasteiger partial charge in [0, 0.05) is 19.0 Å². The number of nitrogens with zero attached hydrogens (tertiary/aromatic N) is 1. The minimum absolute atomic E-state index is 0.00264. The number of carbonyl (C=O) groups is 1. The van der Waals surface area contributed by atoms with Crippen LogP contribution in [0.15, 0.2) is 24.3 Å². The molecular weight excluding hydrogens is 264 g/mol. The third-order valence-electron chi connectivity index (χ3n) is 3.82.